The Kier molecular flexibility index (Phi) is 8.01. The van der Waals surface area contributed by atoms with Crippen molar-refractivity contribution >= 4 is 21.6 Å². The van der Waals surface area contributed by atoms with E-state index in [2.05, 4.69) is 59.9 Å². The van der Waals surface area contributed by atoms with Crippen molar-refractivity contribution in [2.24, 2.45) is 11.3 Å². The maximum absolute atomic E-state index is 6.10. The molecule has 196 valence electrons. The van der Waals surface area contributed by atoms with Gasteiger partial charge in [0.15, 0.2) is 0 Å². The first-order valence-corrected chi connectivity index (χ1v) is 14.5. The van der Waals surface area contributed by atoms with Crippen molar-refractivity contribution in [3.63, 3.8) is 0 Å². The van der Waals surface area contributed by atoms with Crippen LogP contribution in [0.25, 0.3) is 10.2 Å². The molecule has 2 aliphatic rings. The summed E-state index contributed by atoms with van der Waals surface area (Å²) < 4.78 is 7.26. The van der Waals surface area contributed by atoms with Crippen molar-refractivity contribution in [2.75, 3.05) is 26.2 Å². The molecule has 1 aliphatic heterocycles. The van der Waals surface area contributed by atoms with Crippen LogP contribution in [0, 0.1) is 18.3 Å². The van der Waals surface area contributed by atoms with Crippen LogP contribution in [-0.2, 0) is 0 Å². The Hall–Kier alpha value is -2.64. The van der Waals surface area contributed by atoms with Gasteiger partial charge in [-0.15, -0.1) is 11.3 Å². The second kappa shape index (κ2) is 11.4. The number of thiazole rings is 1. The third-order valence-corrected chi connectivity index (χ3v) is 9.44. The Morgan fingerprint density at radius 2 is 2.05 bits per heavy atom. The fraction of sp³-hybridized carbons (Fsp3) is 0.533. The van der Waals surface area contributed by atoms with Crippen molar-refractivity contribution in [3.8, 4) is 6.01 Å². The molecule has 6 nitrogen and oxygen atoms in total. The molecule has 37 heavy (non-hydrogen) atoms. The Morgan fingerprint density at radius 1 is 1.22 bits per heavy atom. The molecule has 0 spiro atoms. The molecule has 0 radical (unpaired) electrons. The molecule has 0 bridgehead atoms. The molecular formula is C30H39N5OS. The van der Waals surface area contributed by atoms with Crippen LogP contribution in [0.15, 0.2) is 48.3 Å². The Labute approximate surface area is 224 Å². The van der Waals surface area contributed by atoms with Crippen LogP contribution in [0.5, 0.6) is 6.01 Å². The second-order valence-electron chi connectivity index (χ2n) is 11.0. The third kappa shape index (κ3) is 6.27. The molecule has 0 N–H and O–H groups in total. The van der Waals surface area contributed by atoms with Crippen LogP contribution < -0.4 is 4.74 Å². The minimum atomic E-state index is 0.0568. The number of aromatic nitrogens is 4. The Bertz CT molecular complexity index is 1280. The van der Waals surface area contributed by atoms with Gasteiger partial charge in [0.25, 0.3) is 0 Å². The number of fused-ring (bicyclic) bond motifs is 1. The number of hydrogen-bond donors (Lipinski definition) is 0. The molecular weight excluding hydrogens is 478 g/mol. The van der Waals surface area contributed by atoms with Crippen LogP contribution in [0.1, 0.15) is 75.2 Å². The minimum absolute atomic E-state index is 0.0568. The quantitative estimate of drug-likeness (QED) is 0.330. The number of aryl methyl sites for hydroxylation is 1. The molecule has 1 fully saturated rings. The van der Waals surface area contributed by atoms with E-state index in [1.165, 1.54) is 50.9 Å². The number of ether oxygens (including phenoxy) is 1. The lowest BCUT2D eigenvalue weighted by molar-refractivity contribution is 0.201. The standard InChI is InChI=1S/C30H39N5OS/c1-21-8-7-9-24(10-12-30(21,4)13-17-35-15-5-6-16-35)20-36-29-31-14-11-25(34-29)23(3)28-33-26-19-32-22(2)18-27(26)37-28/h9-12,14,18-19,21,23H,5-8,13,15-17,20H2,1-4H3. The zero-order valence-corrected chi connectivity index (χ0v) is 23.4. The van der Waals surface area contributed by atoms with E-state index in [1.54, 1.807) is 17.5 Å². The van der Waals surface area contributed by atoms with Gasteiger partial charge in [-0.25, -0.2) is 9.97 Å². The summed E-state index contributed by atoms with van der Waals surface area (Å²) >= 11 is 1.70. The van der Waals surface area contributed by atoms with Gasteiger partial charge in [0.2, 0.25) is 0 Å². The number of hydrogen-bond acceptors (Lipinski definition) is 7. The first-order valence-electron chi connectivity index (χ1n) is 13.7. The van der Waals surface area contributed by atoms with Gasteiger partial charge in [0, 0.05) is 11.9 Å². The highest BCUT2D eigenvalue weighted by atomic mass is 32.1. The first-order chi connectivity index (χ1) is 17.9. The summed E-state index contributed by atoms with van der Waals surface area (Å²) in [5.74, 6) is 0.718. The molecule has 5 rings (SSSR count). The highest BCUT2D eigenvalue weighted by Crippen LogP contribution is 2.38. The van der Waals surface area contributed by atoms with E-state index in [1.807, 2.05) is 19.2 Å². The summed E-state index contributed by atoms with van der Waals surface area (Å²) in [6.07, 6.45) is 16.9. The average Bonchev–Trinajstić information content (AvgIpc) is 3.57. The predicted molar refractivity (Wildman–Crippen MR) is 151 cm³/mol. The van der Waals surface area contributed by atoms with Gasteiger partial charge in [0.1, 0.15) is 11.6 Å². The molecule has 4 heterocycles. The molecule has 0 amide bonds. The summed E-state index contributed by atoms with van der Waals surface area (Å²) in [5.41, 5.74) is 4.27. The molecule has 1 aliphatic carbocycles. The van der Waals surface area contributed by atoms with E-state index in [0.717, 1.165) is 33.0 Å². The lowest BCUT2D eigenvalue weighted by Gasteiger charge is -2.35. The molecule has 0 aromatic carbocycles. The zero-order valence-electron chi connectivity index (χ0n) is 22.6. The van der Waals surface area contributed by atoms with Crippen LogP contribution in [0.3, 0.4) is 0 Å². The van der Waals surface area contributed by atoms with Gasteiger partial charge in [-0.3, -0.25) is 4.98 Å². The zero-order chi connectivity index (χ0) is 25.8. The van der Waals surface area contributed by atoms with E-state index in [-0.39, 0.29) is 11.3 Å². The lowest BCUT2D eigenvalue weighted by atomic mass is 9.72. The van der Waals surface area contributed by atoms with E-state index < -0.39 is 0 Å². The van der Waals surface area contributed by atoms with E-state index >= 15 is 0 Å². The lowest BCUT2D eigenvalue weighted by Crippen LogP contribution is -2.30. The second-order valence-corrected chi connectivity index (χ2v) is 12.1. The first kappa shape index (κ1) is 26.0. The van der Waals surface area contributed by atoms with Crippen LogP contribution >= 0.6 is 11.3 Å². The van der Waals surface area contributed by atoms with Crippen molar-refractivity contribution in [2.45, 2.75) is 65.7 Å². The Balaban J connectivity index is 1.23. The summed E-state index contributed by atoms with van der Waals surface area (Å²) in [4.78, 5) is 20.9. The largest absolute Gasteiger partial charge is 0.459 e. The maximum Gasteiger partial charge on any atom is 0.316 e. The summed E-state index contributed by atoms with van der Waals surface area (Å²) in [6, 6.07) is 4.46. The number of allylic oxidation sites excluding steroid dienone is 2. The molecule has 1 saturated heterocycles. The van der Waals surface area contributed by atoms with Crippen molar-refractivity contribution in [1.82, 2.24) is 24.8 Å². The smallest absolute Gasteiger partial charge is 0.316 e. The van der Waals surface area contributed by atoms with E-state index in [9.17, 15) is 0 Å². The van der Waals surface area contributed by atoms with E-state index in [0.29, 0.717) is 18.5 Å². The fourth-order valence-corrected chi connectivity index (χ4v) is 6.39. The third-order valence-electron chi connectivity index (χ3n) is 8.24. The normalized spacial score (nSPS) is 23.6. The molecule has 0 saturated carbocycles. The van der Waals surface area contributed by atoms with Gasteiger partial charge >= 0.3 is 6.01 Å². The number of pyridine rings is 1. The van der Waals surface area contributed by atoms with Crippen LogP contribution in [-0.4, -0.2) is 51.1 Å². The van der Waals surface area contributed by atoms with Gasteiger partial charge in [-0.05, 0) is 87.7 Å². The molecule has 3 atom stereocenters. The van der Waals surface area contributed by atoms with Gasteiger partial charge < -0.3 is 9.64 Å². The molecule has 3 aromatic rings. The van der Waals surface area contributed by atoms with Gasteiger partial charge in [-0.1, -0.05) is 39.0 Å². The monoisotopic (exact) mass is 517 g/mol. The fourth-order valence-electron chi connectivity index (χ4n) is 5.29. The average molecular weight is 518 g/mol. The van der Waals surface area contributed by atoms with Gasteiger partial charge in [0.05, 0.1) is 28.0 Å². The van der Waals surface area contributed by atoms with Crippen molar-refractivity contribution < 1.29 is 4.74 Å². The topological polar surface area (TPSA) is 64.0 Å². The predicted octanol–water partition coefficient (Wildman–Crippen LogP) is 6.73. The maximum atomic E-state index is 6.10. The van der Waals surface area contributed by atoms with Crippen molar-refractivity contribution in [3.05, 3.63) is 64.7 Å². The van der Waals surface area contributed by atoms with Gasteiger partial charge in [-0.2, -0.15) is 4.98 Å². The number of likely N-dealkylation sites (tertiary alicyclic amines) is 1. The van der Waals surface area contributed by atoms with Crippen LogP contribution in [0.2, 0.25) is 0 Å². The molecule has 3 unspecified atom stereocenters. The SMILES string of the molecule is Cc1cc2sc(C(C)c3ccnc(OCC4=CCCC(C)C(C)(CCN5CCCC5)C=C4)n3)nc2cn1. The number of nitrogens with zero attached hydrogens (tertiary/aromatic N) is 5. The highest BCUT2D eigenvalue weighted by molar-refractivity contribution is 7.18. The highest BCUT2D eigenvalue weighted by Gasteiger charge is 2.30. The summed E-state index contributed by atoms with van der Waals surface area (Å²) in [6.45, 7) is 13.2. The minimum Gasteiger partial charge on any atom is -0.459 e. The number of rotatable bonds is 8. The summed E-state index contributed by atoms with van der Waals surface area (Å²) in [5, 5.41) is 1.03. The summed E-state index contributed by atoms with van der Waals surface area (Å²) in [7, 11) is 0. The Morgan fingerprint density at radius 3 is 2.89 bits per heavy atom. The molecule has 3 aromatic heterocycles. The van der Waals surface area contributed by atoms with Crippen LogP contribution in [0.4, 0.5) is 0 Å². The molecule has 7 heteroatoms. The van der Waals surface area contributed by atoms with Crippen molar-refractivity contribution in [1.29, 1.82) is 0 Å². The van der Waals surface area contributed by atoms with E-state index in [4.69, 9.17) is 14.7 Å².